The summed E-state index contributed by atoms with van der Waals surface area (Å²) in [7, 11) is 0. The second kappa shape index (κ2) is 5.57. The Bertz CT molecular complexity index is 238. The molecule has 1 fully saturated rings. The average Bonchev–Trinajstić information content (AvgIpc) is 2.95. The zero-order valence-electron chi connectivity index (χ0n) is 10.7. The third-order valence-corrected chi connectivity index (χ3v) is 3.17. The van der Waals surface area contributed by atoms with Gasteiger partial charge in [-0.2, -0.15) is 13.2 Å². The van der Waals surface area contributed by atoms with Crippen molar-refractivity contribution in [2.75, 3.05) is 19.8 Å². The standard InChI is InChI=1S/C12H22F3NO/c1-9(2)16-6-11(3,10-4-5-10)7-17-8-12(13,14)15/h9-10,16H,4-8H2,1-3H3. The Hall–Kier alpha value is -0.290. The molecule has 17 heavy (non-hydrogen) atoms. The van der Waals surface area contributed by atoms with Gasteiger partial charge in [0.25, 0.3) is 0 Å². The van der Waals surface area contributed by atoms with Gasteiger partial charge in [-0.1, -0.05) is 20.8 Å². The van der Waals surface area contributed by atoms with Gasteiger partial charge in [0.15, 0.2) is 0 Å². The highest BCUT2D eigenvalue weighted by Gasteiger charge is 2.42. The van der Waals surface area contributed by atoms with Crippen LogP contribution in [0.1, 0.15) is 33.6 Å². The number of halogens is 3. The van der Waals surface area contributed by atoms with Gasteiger partial charge in [-0.3, -0.25) is 0 Å². The van der Waals surface area contributed by atoms with Crippen LogP contribution in [0.3, 0.4) is 0 Å². The Balaban J connectivity index is 2.36. The van der Waals surface area contributed by atoms with Crippen LogP contribution in [0, 0.1) is 11.3 Å². The SMILES string of the molecule is CC(C)NCC(C)(COCC(F)(F)F)C1CC1. The third kappa shape index (κ3) is 5.73. The summed E-state index contributed by atoms with van der Waals surface area (Å²) in [6.07, 6.45) is -2.02. The first-order valence-electron chi connectivity index (χ1n) is 6.11. The lowest BCUT2D eigenvalue weighted by Crippen LogP contribution is -2.41. The van der Waals surface area contributed by atoms with Gasteiger partial charge >= 0.3 is 6.18 Å². The van der Waals surface area contributed by atoms with Crippen LogP contribution in [-0.2, 0) is 4.74 Å². The number of hydrogen-bond donors (Lipinski definition) is 1. The normalized spacial score (nSPS) is 20.6. The van der Waals surface area contributed by atoms with Gasteiger partial charge in [-0.05, 0) is 18.8 Å². The molecule has 1 atom stereocenters. The molecule has 1 aliphatic carbocycles. The molecule has 0 saturated heterocycles. The largest absolute Gasteiger partial charge is 0.411 e. The summed E-state index contributed by atoms with van der Waals surface area (Å²) in [6.45, 7) is 5.82. The van der Waals surface area contributed by atoms with E-state index in [1.165, 1.54) is 0 Å². The van der Waals surface area contributed by atoms with E-state index in [4.69, 9.17) is 4.74 Å². The zero-order valence-corrected chi connectivity index (χ0v) is 10.7. The molecule has 0 radical (unpaired) electrons. The van der Waals surface area contributed by atoms with Gasteiger partial charge in [0.05, 0.1) is 6.61 Å². The molecule has 1 N–H and O–H groups in total. The molecule has 0 bridgehead atoms. The van der Waals surface area contributed by atoms with E-state index in [1.54, 1.807) is 0 Å². The Morgan fingerprint density at radius 3 is 2.24 bits per heavy atom. The lowest BCUT2D eigenvalue weighted by molar-refractivity contribution is -0.181. The molecule has 2 nitrogen and oxygen atoms in total. The van der Waals surface area contributed by atoms with Gasteiger partial charge in [0, 0.05) is 18.0 Å². The van der Waals surface area contributed by atoms with Crippen molar-refractivity contribution in [2.45, 2.75) is 45.8 Å². The molecule has 102 valence electrons. The summed E-state index contributed by atoms with van der Waals surface area (Å²) in [5.74, 6) is 0.502. The highest BCUT2D eigenvalue weighted by Crippen LogP contribution is 2.45. The van der Waals surface area contributed by atoms with E-state index in [-0.39, 0.29) is 12.0 Å². The average molecular weight is 253 g/mol. The second-order valence-electron chi connectivity index (χ2n) is 5.57. The van der Waals surface area contributed by atoms with Crippen LogP contribution >= 0.6 is 0 Å². The van der Waals surface area contributed by atoms with E-state index >= 15 is 0 Å². The van der Waals surface area contributed by atoms with E-state index < -0.39 is 12.8 Å². The summed E-state index contributed by atoms with van der Waals surface area (Å²) in [5, 5.41) is 3.29. The van der Waals surface area contributed by atoms with Crippen LogP contribution < -0.4 is 5.32 Å². The first-order valence-corrected chi connectivity index (χ1v) is 6.11. The van der Waals surface area contributed by atoms with Crippen molar-refractivity contribution < 1.29 is 17.9 Å². The van der Waals surface area contributed by atoms with Gasteiger partial charge in [0.2, 0.25) is 0 Å². The van der Waals surface area contributed by atoms with Crippen molar-refractivity contribution in [2.24, 2.45) is 11.3 Å². The highest BCUT2D eigenvalue weighted by atomic mass is 19.4. The molecular formula is C12H22F3NO. The minimum Gasteiger partial charge on any atom is -0.371 e. The van der Waals surface area contributed by atoms with Crippen LogP contribution in [-0.4, -0.2) is 32.0 Å². The number of alkyl halides is 3. The van der Waals surface area contributed by atoms with E-state index in [1.807, 2.05) is 20.8 Å². The topological polar surface area (TPSA) is 21.3 Å². The van der Waals surface area contributed by atoms with Crippen molar-refractivity contribution in [3.8, 4) is 0 Å². The first kappa shape index (κ1) is 14.8. The lowest BCUT2D eigenvalue weighted by atomic mass is 9.85. The fraction of sp³-hybridized carbons (Fsp3) is 1.00. The molecule has 1 aliphatic rings. The minimum absolute atomic E-state index is 0.171. The van der Waals surface area contributed by atoms with Crippen molar-refractivity contribution >= 4 is 0 Å². The quantitative estimate of drug-likeness (QED) is 0.753. The van der Waals surface area contributed by atoms with Crippen molar-refractivity contribution in [1.82, 2.24) is 5.32 Å². The lowest BCUT2D eigenvalue weighted by Gasteiger charge is -2.31. The molecule has 1 saturated carbocycles. The molecule has 0 aromatic carbocycles. The Kier molecular flexibility index (Phi) is 4.84. The van der Waals surface area contributed by atoms with Crippen LogP contribution in [0.2, 0.25) is 0 Å². The molecule has 0 heterocycles. The molecule has 0 amide bonds. The summed E-state index contributed by atoms with van der Waals surface area (Å²) >= 11 is 0. The van der Waals surface area contributed by atoms with E-state index in [2.05, 4.69) is 5.32 Å². The predicted octanol–water partition coefficient (Wildman–Crippen LogP) is 2.98. The highest BCUT2D eigenvalue weighted by molar-refractivity contribution is 4.92. The molecule has 5 heteroatoms. The number of ether oxygens (including phenoxy) is 1. The number of hydrogen-bond acceptors (Lipinski definition) is 2. The molecule has 1 unspecified atom stereocenters. The maximum absolute atomic E-state index is 12.0. The number of nitrogens with one attached hydrogen (secondary N) is 1. The smallest absolute Gasteiger partial charge is 0.371 e. The van der Waals surface area contributed by atoms with Crippen LogP contribution in [0.15, 0.2) is 0 Å². The molecule has 0 aromatic rings. The maximum atomic E-state index is 12.0. The minimum atomic E-state index is -4.23. The Morgan fingerprint density at radius 1 is 1.24 bits per heavy atom. The zero-order chi connectivity index (χ0) is 13.1. The second-order valence-corrected chi connectivity index (χ2v) is 5.57. The molecule has 0 spiro atoms. The Morgan fingerprint density at radius 2 is 1.82 bits per heavy atom. The first-order chi connectivity index (χ1) is 7.73. The van der Waals surface area contributed by atoms with Crippen LogP contribution in [0.5, 0.6) is 0 Å². The summed E-state index contributed by atoms with van der Waals surface area (Å²) in [5.41, 5.74) is -0.171. The molecule has 0 aromatic heterocycles. The fourth-order valence-electron chi connectivity index (χ4n) is 1.93. The van der Waals surface area contributed by atoms with Gasteiger partial charge in [-0.15, -0.1) is 0 Å². The van der Waals surface area contributed by atoms with Crippen molar-refractivity contribution in [3.05, 3.63) is 0 Å². The van der Waals surface area contributed by atoms with Gasteiger partial charge in [0.1, 0.15) is 6.61 Å². The third-order valence-electron chi connectivity index (χ3n) is 3.17. The van der Waals surface area contributed by atoms with Gasteiger partial charge < -0.3 is 10.1 Å². The fourth-order valence-corrected chi connectivity index (χ4v) is 1.93. The summed E-state index contributed by atoms with van der Waals surface area (Å²) < 4.78 is 40.9. The van der Waals surface area contributed by atoms with Crippen LogP contribution in [0.4, 0.5) is 13.2 Å². The Labute approximate surface area is 101 Å². The maximum Gasteiger partial charge on any atom is 0.411 e. The summed E-state index contributed by atoms with van der Waals surface area (Å²) in [6, 6.07) is 0.343. The molecule has 1 rings (SSSR count). The monoisotopic (exact) mass is 253 g/mol. The van der Waals surface area contributed by atoms with E-state index in [0.717, 1.165) is 12.8 Å². The van der Waals surface area contributed by atoms with E-state index in [0.29, 0.717) is 18.5 Å². The van der Waals surface area contributed by atoms with Gasteiger partial charge in [-0.25, -0.2) is 0 Å². The summed E-state index contributed by atoms with van der Waals surface area (Å²) in [4.78, 5) is 0. The van der Waals surface area contributed by atoms with E-state index in [9.17, 15) is 13.2 Å². The van der Waals surface area contributed by atoms with Crippen LogP contribution in [0.25, 0.3) is 0 Å². The molecular weight excluding hydrogens is 231 g/mol. The number of rotatable bonds is 7. The van der Waals surface area contributed by atoms with Crippen molar-refractivity contribution in [1.29, 1.82) is 0 Å². The predicted molar refractivity (Wildman–Crippen MR) is 60.8 cm³/mol. The molecule has 0 aliphatic heterocycles. The van der Waals surface area contributed by atoms with Crippen molar-refractivity contribution in [3.63, 3.8) is 0 Å².